The lowest BCUT2D eigenvalue weighted by molar-refractivity contribution is -0.154. The number of nitrogens with zero attached hydrogens (tertiary/aromatic N) is 3. The molecule has 0 spiro atoms. The van der Waals surface area contributed by atoms with Gasteiger partial charge in [0.2, 0.25) is 5.88 Å². The highest BCUT2D eigenvalue weighted by Crippen LogP contribution is 2.20. The monoisotopic (exact) mass is 346 g/mol. The minimum Gasteiger partial charge on any atom is -0.468 e. The van der Waals surface area contributed by atoms with Crippen LogP contribution in [0.3, 0.4) is 0 Å². The minimum atomic E-state index is -4.42. The molecule has 1 saturated heterocycles. The Kier molecular flexibility index (Phi) is 6.24. The zero-order valence-electron chi connectivity index (χ0n) is 13.4. The molecule has 1 aliphatic rings. The summed E-state index contributed by atoms with van der Waals surface area (Å²) in [6.07, 6.45) is -2.77. The van der Waals surface area contributed by atoms with Crippen LogP contribution in [-0.4, -0.2) is 59.5 Å². The van der Waals surface area contributed by atoms with E-state index in [0.29, 0.717) is 37.6 Å². The third kappa shape index (κ3) is 5.55. The summed E-state index contributed by atoms with van der Waals surface area (Å²) in [6.45, 7) is 2.47. The Balaban J connectivity index is 2.07. The zero-order valence-corrected chi connectivity index (χ0v) is 13.4. The first-order valence-electron chi connectivity index (χ1n) is 7.74. The average molecular weight is 346 g/mol. The third-order valence-corrected chi connectivity index (χ3v) is 3.42. The lowest BCUT2D eigenvalue weighted by Crippen LogP contribution is -2.40. The number of aliphatic hydroxyl groups is 1. The molecule has 2 heterocycles. The summed E-state index contributed by atoms with van der Waals surface area (Å²) in [5.41, 5.74) is 0.469. The molecule has 9 heteroatoms. The number of ether oxygens (including phenoxy) is 1. The second kappa shape index (κ2) is 8.18. The standard InChI is InChI=1S/C15H21F3N4O2/c1-2-19-14(22-7-5-12(23)9-22)21-8-11-4-3-6-20-13(11)24-10-15(16,17)18/h3-4,6,12,23H,2,5,7-10H2,1H3,(H,19,21)/t12-/m1/s1. The third-order valence-electron chi connectivity index (χ3n) is 3.42. The van der Waals surface area contributed by atoms with Gasteiger partial charge < -0.3 is 20.1 Å². The summed E-state index contributed by atoms with van der Waals surface area (Å²) in [6, 6.07) is 3.25. The van der Waals surface area contributed by atoms with Crippen molar-refractivity contribution < 1.29 is 23.0 Å². The van der Waals surface area contributed by atoms with Crippen molar-refractivity contribution in [2.24, 2.45) is 4.99 Å². The van der Waals surface area contributed by atoms with Crippen LogP contribution in [0.2, 0.25) is 0 Å². The summed E-state index contributed by atoms with van der Waals surface area (Å²) in [5, 5.41) is 12.7. The molecule has 0 aromatic carbocycles. The van der Waals surface area contributed by atoms with E-state index in [9.17, 15) is 18.3 Å². The molecule has 1 aliphatic heterocycles. The maximum absolute atomic E-state index is 12.3. The summed E-state index contributed by atoms with van der Waals surface area (Å²) >= 11 is 0. The highest BCUT2D eigenvalue weighted by atomic mass is 19.4. The van der Waals surface area contributed by atoms with Gasteiger partial charge in [-0.15, -0.1) is 0 Å². The van der Waals surface area contributed by atoms with Crippen LogP contribution in [0.25, 0.3) is 0 Å². The van der Waals surface area contributed by atoms with E-state index in [1.165, 1.54) is 6.20 Å². The van der Waals surface area contributed by atoms with Crippen molar-refractivity contribution in [2.75, 3.05) is 26.2 Å². The second-order valence-electron chi connectivity index (χ2n) is 5.43. The Labute approximate surface area is 138 Å². The number of likely N-dealkylation sites (tertiary alicyclic amines) is 1. The van der Waals surface area contributed by atoms with Crippen LogP contribution >= 0.6 is 0 Å². The maximum Gasteiger partial charge on any atom is 0.422 e. The number of β-amino-alcohol motifs (C(OH)–C–C–N with tert-alkyl or cyclic N) is 1. The molecule has 0 aliphatic carbocycles. The number of halogens is 3. The Morgan fingerprint density at radius 3 is 2.96 bits per heavy atom. The Morgan fingerprint density at radius 2 is 2.33 bits per heavy atom. The molecule has 0 radical (unpaired) electrons. The molecular formula is C15H21F3N4O2. The number of pyridine rings is 1. The quantitative estimate of drug-likeness (QED) is 0.625. The second-order valence-corrected chi connectivity index (χ2v) is 5.43. The van der Waals surface area contributed by atoms with Gasteiger partial charge in [0.1, 0.15) is 0 Å². The number of hydrogen-bond donors (Lipinski definition) is 2. The van der Waals surface area contributed by atoms with Crippen LogP contribution in [-0.2, 0) is 6.54 Å². The normalized spacial score (nSPS) is 18.8. The largest absolute Gasteiger partial charge is 0.468 e. The van der Waals surface area contributed by atoms with Crippen LogP contribution in [0.4, 0.5) is 13.2 Å². The van der Waals surface area contributed by atoms with E-state index in [1.54, 1.807) is 12.1 Å². The van der Waals surface area contributed by atoms with Crippen molar-refractivity contribution in [3.63, 3.8) is 0 Å². The summed E-state index contributed by atoms with van der Waals surface area (Å²) in [4.78, 5) is 10.2. The van der Waals surface area contributed by atoms with Crippen LogP contribution in [0.5, 0.6) is 5.88 Å². The Bertz CT molecular complexity index is 566. The van der Waals surface area contributed by atoms with Gasteiger partial charge in [-0.25, -0.2) is 9.98 Å². The van der Waals surface area contributed by atoms with Crippen LogP contribution in [0.15, 0.2) is 23.3 Å². The molecule has 1 aromatic heterocycles. The first kappa shape index (κ1) is 18.3. The maximum atomic E-state index is 12.3. The molecule has 6 nitrogen and oxygen atoms in total. The van der Waals surface area contributed by atoms with E-state index in [2.05, 4.69) is 15.3 Å². The SMILES string of the molecule is CCNC(=NCc1cccnc1OCC(F)(F)F)N1CC[C@@H](O)C1. The highest BCUT2D eigenvalue weighted by molar-refractivity contribution is 5.80. The van der Waals surface area contributed by atoms with Crippen molar-refractivity contribution in [3.05, 3.63) is 23.9 Å². The first-order valence-corrected chi connectivity index (χ1v) is 7.74. The van der Waals surface area contributed by atoms with E-state index in [1.807, 2.05) is 11.8 Å². The molecule has 0 bridgehead atoms. The molecule has 0 amide bonds. The lowest BCUT2D eigenvalue weighted by atomic mass is 10.3. The van der Waals surface area contributed by atoms with Gasteiger partial charge in [0.15, 0.2) is 12.6 Å². The summed E-state index contributed by atoms with van der Waals surface area (Å²) < 4.78 is 41.7. The topological polar surface area (TPSA) is 70.0 Å². The van der Waals surface area contributed by atoms with Crippen LogP contribution in [0, 0.1) is 0 Å². The highest BCUT2D eigenvalue weighted by Gasteiger charge is 2.29. The van der Waals surface area contributed by atoms with Gasteiger partial charge >= 0.3 is 6.18 Å². The van der Waals surface area contributed by atoms with Crippen LogP contribution in [0.1, 0.15) is 18.9 Å². The smallest absolute Gasteiger partial charge is 0.422 e. The molecule has 1 atom stereocenters. The van der Waals surface area contributed by atoms with Crippen molar-refractivity contribution in [3.8, 4) is 5.88 Å². The number of aliphatic imine (C=N–C) groups is 1. The molecule has 1 fully saturated rings. The minimum absolute atomic E-state index is 0.0733. The lowest BCUT2D eigenvalue weighted by Gasteiger charge is -2.21. The van der Waals surface area contributed by atoms with E-state index < -0.39 is 18.9 Å². The Hall–Kier alpha value is -2.03. The number of aliphatic hydroxyl groups excluding tert-OH is 1. The van der Waals surface area contributed by atoms with Crippen LogP contribution < -0.4 is 10.1 Å². The molecule has 2 rings (SSSR count). The summed E-state index contributed by atoms with van der Waals surface area (Å²) in [7, 11) is 0. The number of nitrogens with one attached hydrogen (secondary N) is 1. The molecule has 0 saturated carbocycles. The Morgan fingerprint density at radius 1 is 1.54 bits per heavy atom. The molecule has 0 unspecified atom stereocenters. The predicted molar refractivity (Wildman–Crippen MR) is 82.8 cm³/mol. The van der Waals surface area contributed by atoms with Gasteiger partial charge in [0, 0.05) is 31.4 Å². The van der Waals surface area contributed by atoms with Crippen molar-refractivity contribution in [2.45, 2.75) is 32.2 Å². The number of hydrogen-bond acceptors (Lipinski definition) is 4. The van der Waals surface area contributed by atoms with Gasteiger partial charge in [-0.3, -0.25) is 0 Å². The molecular weight excluding hydrogens is 325 g/mol. The van der Waals surface area contributed by atoms with Gasteiger partial charge in [-0.05, 0) is 19.4 Å². The fourth-order valence-electron chi connectivity index (χ4n) is 2.34. The van der Waals surface area contributed by atoms with Crippen molar-refractivity contribution in [1.29, 1.82) is 0 Å². The summed E-state index contributed by atoms with van der Waals surface area (Å²) in [5.74, 6) is 0.538. The van der Waals surface area contributed by atoms with Gasteiger partial charge in [0.05, 0.1) is 12.6 Å². The molecule has 2 N–H and O–H groups in total. The van der Waals surface area contributed by atoms with Gasteiger partial charge in [0.25, 0.3) is 0 Å². The fourth-order valence-corrected chi connectivity index (χ4v) is 2.34. The zero-order chi connectivity index (χ0) is 17.6. The number of alkyl halides is 3. The van der Waals surface area contributed by atoms with Gasteiger partial charge in [-0.1, -0.05) is 6.07 Å². The van der Waals surface area contributed by atoms with E-state index >= 15 is 0 Å². The average Bonchev–Trinajstić information content (AvgIpc) is 2.96. The van der Waals surface area contributed by atoms with Crippen molar-refractivity contribution >= 4 is 5.96 Å². The molecule has 134 valence electrons. The van der Waals surface area contributed by atoms with E-state index in [-0.39, 0.29) is 12.4 Å². The number of aromatic nitrogens is 1. The fraction of sp³-hybridized carbons (Fsp3) is 0.600. The molecule has 1 aromatic rings. The molecule has 24 heavy (non-hydrogen) atoms. The number of rotatable bonds is 5. The van der Waals surface area contributed by atoms with Crippen molar-refractivity contribution in [1.82, 2.24) is 15.2 Å². The van der Waals surface area contributed by atoms with Gasteiger partial charge in [-0.2, -0.15) is 13.2 Å². The van der Waals surface area contributed by atoms with E-state index in [0.717, 1.165) is 0 Å². The first-order chi connectivity index (χ1) is 11.4. The van der Waals surface area contributed by atoms with E-state index in [4.69, 9.17) is 4.74 Å². The predicted octanol–water partition coefficient (Wildman–Crippen LogP) is 1.55. The number of guanidine groups is 1.